The second-order valence-electron chi connectivity index (χ2n) is 5.54. The first-order chi connectivity index (χ1) is 12.2. The zero-order valence-electron chi connectivity index (χ0n) is 13.1. The third kappa shape index (κ3) is 3.16. The number of rotatable bonds is 4. The summed E-state index contributed by atoms with van der Waals surface area (Å²) < 4.78 is 10.6. The van der Waals surface area contributed by atoms with Gasteiger partial charge in [0.25, 0.3) is 5.91 Å². The average Bonchev–Trinajstić information content (AvgIpc) is 3.28. The molecule has 126 valence electrons. The Morgan fingerprint density at radius 3 is 2.96 bits per heavy atom. The Bertz CT molecular complexity index is 939. The second kappa shape index (κ2) is 6.49. The van der Waals surface area contributed by atoms with Crippen molar-refractivity contribution in [2.75, 3.05) is 6.79 Å². The highest BCUT2D eigenvalue weighted by Crippen LogP contribution is 2.32. The summed E-state index contributed by atoms with van der Waals surface area (Å²) in [5.74, 6) is 1.18. The molecule has 2 N–H and O–H groups in total. The van der Waals surface area contributed by atoms with Crippen LogP contribution in [0, 0.1) is 0 Å². The molecule has 0 radical (unpaired) electrons. The molecule has 0 fully saturated rings. The largest absolute Gasteiger partial charge is 0.454 e. The van der Waals surface area contributed by atoms with Crippen LogP contribution in [0.15, 0.2) is 48.7 Å². The molecule has 0 unspecified atom stereocenters. The first kappa shape index (κ1) is 15.5. The SMILES string of the molecule is O=C(NCc1ccc2c(c1)OCO2)c1cn[nH]c1-c1cccc(Cl)c1. The highest BCUT2D eigenvalue weighted by Gasteiger charge is 2.17. The van der Waals surface area contributed by atoms with Crippen molar-refractivity contribution in [2.24, 2.45) is 0 Å². The minimum Gasteiger partial charge on any atom is -0.454 e. The number of amides is 1. The van der Waals surface area contributed by atoms with E-state index in [1.807, 2.05) is 30.3 Å². The minimum atomic E-state index is -0.221. The number of ether oxygens (including phenoxy) is 2. The van der Waals surface area contributed by atoms with Crippen molar-refractivity contribution < 1.29 is 14.3 Å². The van der Waals surface area contributed by atoms with Crippen LogP contribution < -0.4 is 14.8 Å². The number of hydrogen-bond donors (Lipinski definition) is 2. The molecule has 1 aliphatic heterocycles. The summed E-state index contributed by atoms with van der Waals surface area (Å²) in [6.07, 6.45) is 1.51. The van der Waals surface area contributed by atoms with Gasteiger partial charge in [-0.15, -0.1) is 0 Å². The van der Waals surface area contributed by atoms with E-state index < -0.39 is 0 Å². The number of H-pyrrole nitrogens is 1. The molecule has 0 saturated carbocycles. The van der Waals surface area contributed by atoms with E-state index in [9.17, 15) is 4.79 Å². The number of carbonyl (C=O) groups excluding carboxylic acids is 1. The standard InChI is InChI=1S/C18H14ClN3O3/c19-13-3-1-2-12(7-13)17-14(9-21-22-17)18(23)20-8-11-4-5-15-16(6-11)25-10-24-15/h1-7,9H,8,10H2,(H,20,23)(H,21,22). The van der Waals surface area contributed by atoms with Gasteiger partial charge in [-0.2, -0.15) is 5.10 Å². The van der Waals surface area contributed by atoms with E-state index in [1.54, 1.807) is 12.1 Å². The van der Waals surface area contributed by atoms with Gasteiger partial charge in [0.2, 0.25) is 6.79 Å². The van der Waals surface area contributed by atoms with Crippen molar-refractivity contribution in [2.45, 2.75) is 6.54 Å². The molecule has 0 atom stereocenters. The van der Waals surface area contributed by atoms with E-state index in [-0.39, 0.29) is 12.7 Å². The van der Waals surface area contributed by atoms with Gasteiger partial charge in [-0.05, 0) is 29.8 Å². The zero-order valence-corrected chi connectivity index (χ0v) is 13.8. The van der Waals surface area contributed by atoms with Crippen molar-refractivity contribution in [1.82, 2.24) is 15.5 Å². The summed E-state index contributed by atoms with van der Waals surface area (Å²) in [6, 6.07) is 12.8. The maximum absolute atomic E-state index is 12.5. The van der Waals surface area contributed by atoms with Crippen molar-refractivity contribution >= 4 is 17.5 Å². The third-order valence-corrected chi connectivity index (χ3v) is 4.12. The number of fused-ring (bicyclic) bond motifs is 1. The summed E-state index contributed by atoms with van der Waals surface area (Å²) in [6.45, 7) is 0.596. The van der Waals surface area contributed by atoms with Crippen molar-refractivity contribution in [3.05, 3.63) is 64.8 Å². The molecule has 0 saturated heterocycles. The molecule has 1 amide bonds. The van der Waals surface area contributed by atoms with Crippen LogP contribution in [-0.2, 0) is 6.54 Å². The first-order valence-corrected chi connectivity index (χ1v) is 8.04. The second-order valence-corrected chi connectivity index (χ2v) is 5.98. The van der Waals surface area contributed by atoms with Crippen LogP contribution in [0.25, 0.3) is 11.3 Å². The smallest absolute Gasteiger partial charge is 0.255 e. The van der Waals surface area contributed by atoms with Crippen LogP contribution in [0.4, 0.5) is 0 Å². The van der Waals surface area contributed by atoms with E-state index >= 15 is 0 Å². The molecule has 0 bridgehead atoms. The number of nitrogens with one attached hydrogen (secondary N) is 2. The van der Waals surface area contributed by atoms with Gasteiger partial charge in [0.05, 0.1) is 17.5 Å². The summed E-state index contributed by atoms with van der Waals surface area (Å²) in [7, 11) is 0. The molecule has 1 aromatic heterocycles. The van der Waals surface area contributed by atoms with Gasteiger partial charge in [0.1, 0.15) is 0 Å². The van der Waals surface area contributed by atoms with Crippen molar-refractivity contribution in [3.63, 3.8) is 0 Å². The summed E-state index contributed by atoms with van der Waals surface area (Å²) in [5.41, 5.74) is 2.82. The average molecular weight is 356 g/mol. The maximum atomic E-state index is 12.5. The first-order valence-electron chi connectivity index (χ1n) is 7.67. The predicted molar refractivity (Wildman–Crippen MR) is 92.8 cm³/mol. The number of benzene rings is 2. The lowest BCUT2D eigenvalue weighted by atomic mass is 10.1. The maximum Gasteiger partial charge on any atom is 0.255 e. The minimum absolute atomic E-state index is 0.221. The Kier molecular flexibility index (Phi) is 4.03. The lowest BCUT2D eigenvalue weighted by molar-refractivity contribution is 0.0951. The predicted octanol–water partition coefficient (Wildman–Crippen LogP) is 3.39. The molecule has 4 rings (SSSR count). The number of carbonyl (C=O) groups is 1. The Labute approximate surface area is 148 Å². The lowest BCUT2D eigenvalue weighted by Crippen LogP contribution is -2.22. The van der Waals surface area contributed by atoms with E-state index in [0.717, 1.165) is 11.1 Å². The highest BCUT2D eigenvalue weighted by molar-refractivity contribution is 6.30. The van der Waals surface area contributed by atoms with Crippen LogP contribution in [0.1, 0.15) is 15.9 Å². The van der Waals surface area contributed by atoms with E-state index in [4.69, 9.17) is 21.1 Å². The van der Waals surface area contributed by atoms with E-state index in [0.29, 0.717) is 34.3 Å². The van der Waals surface area contributed by atoms with Crippen LogP contribution in [0.5, 0.6) is 11.5 Å². The van der Waals surface area contributed by atoms with E-state index in [1.165, 1.54) is 6.20 Å². The summed E-state index contributed by atoms with van der Waals surface area (Å²) in [4.78, 5) is 12.5. The molecule has 3 aromatic rings. The van der Waals surface area contributed by atoms with Crippen molar-refractivity contribution in [1.29, 1.82) is 0 Å². The van der Waals surface area contributed by atoms with Gasteiger partial charge in [0.15, 0.2) is 11.5 Å². The fraction of sp³-hybridized carbons (Fsp3) is 0.111. The number of halogens is 1. The molecule has 7 heteroatoms. The molecule has 2 heterocycles. The Morgan fingerprint density at radius 2 is 2.08 bits per heavy atom. The normalized spacial score (nSPS) is 12.2. The Hall–Kier alpha value is -2.99. The monoisotopic (exact) mass is 355 g/mol. The fourth-order valence-electron chi connectivity index (χ4n) is 2.65. The van der Waals surface area contributed by atoms with Crippen LogP contribution in [0.2, 0.25) is 5.02 Å². The molecular formula is C18H14ClN3O3. The Morgan fingerprint density at radius 1 is 1.20 bits per heavy atom. The van der Waals surface area contributed by atoms with Gasteiger partial charge >= 0.3 is 0 Å². The number of aromatic nitrogens is 2. The van der Waals surface area contributed by atoms with Crippen LogP contribution >= 0.6 is 11.6 Å². The number of hydrogen-bond acceptors (Lipinski definition) is 4. The molecule has 6 nitrogen and oxygen atoms in total. The van der Waals surface area contributed by atoms with E-state index in [2.05, 4.69) is 15.5 Å². The Balaban J connectivity index is 1.50. The topological polar surface area (TPSA) is 76.2 Å². The zero-order chi connectivity index (χ0) is 17.2. The molecule has 0 spiro atoms. The van der Waals surface area contributed by atoms with Gasteiger partial charge in [-0.3, -0.25) is 9.89 Å². The van der Waals surface area contributed by atoms with Crippen LogP contribution in [0.3, 0.4) is 0 Å². The summed E-state index contributed by atoms with van der Waals surface area (Å²) in [5, 5.41) is 10.3. The highest BCUT2D eigenvalue weighted by atomic mass is 35.5. The molecule has 25 heavy (non-hydrogen) atoms. The molecule has 1 aliphatic rings. The van der Waals surface area contributed by atoms with Gasteiger partial charge in [-0.25, -0.2) is 0 Å². The molecule has 0 aliphatic carbocycles. The van der Waals surface area contributed by atoms with Gasteiger partial charge in [-0.1, -0.05) is 29.8 Å². The van der Waals surface area contributed by atoms with Crippen LogP contribution in [-0.4, -0.2) is 22.9 Å². The quantitative estimate of drug-likeness (QED) is 0.752. The summed E-state index contributed by atoms with van der Waals surface area (Å²) >= 11 is 6.02. The van der Waals surface area contributed by atoms with Crippen molar-refractivity contribution in [3.8, 4) is 22.8 Å². The lowest BCUT2D eigenvalue weighted by Gasteiger charge is -2.07. The molecule has 2 aromatic carbocycles. The third-order valence-electron chi connectivity index (χ3n) is 3.89. The molecular weight excluding hydrogens is 342 g/mol. The number of nitrogens with zero attached hydrogens (tertiary/aromatic N) is 1. The fourth-order valence-corrected chi connectivity index (χ4v) is 2.84. The number of aromatic amines is 1. The van der Waals surface area contributed by atoms with Gasteiger partial charge < -0.3 is 14.8 Å². The van der Waals surface area contributed by atoms with Gasteiger partial charge in [0, 0.05) is 17.1 Å².